The van der Waals surface area contributed by atoms with Crippen LogP contribution in [0.25, 0.3) is 0 Å². The Hall–Kier alpha value is -1.49. The third-order valence-electron chi connectivity index (χ3n) is 4.14. The van der Waals surface area contributed by atoms with E-state index in [1.165, 1.54) is 24.6 Å². The van der Waals surface area contributed by atoms with Gasteiger partial charge >= 0.3 is 5.97 Å². The van der Waals surface area contributed by atoms with Gasteiger partial charge in [-0.3, -0.25) is 19.7 Å². The topological polar surface area (TPSA) is 149 Å². The van der Waals surface area contributed by atoms with E-state index in [2.05, 4.69) is 15.0 Å². The third kappa shape index (κ3) is 5.77. The Morgan fingerprint density at radius 3 is 2.44 bits per heavy atom. The summed E-state index contributed by atoms with van der Waals surface area (Å²) < 4.78 is 7.98. The highest BCUT2D eigenvalue weighted by molar-refractivity contribution is 8.10. The number of aliphatic imine (C=N–C) groups is 1. The first kappa shape index (κ1) is 21.6. The predicted molar refractivity (Wildman–Crippen MR) is 96.0 cm³/mol. The molecule has 0 saturated heterocycles. The first-order valence-electron chi connectivity index (χ1n) is 8.04. The lowest BCUT2D eigenvalue weighted by molar-refractivity contribution is -0.136. The number of amides is 2. The second kappa shape index (κ2) is 9.27. The maximum absolute atomic E-state index is 12.4. The van der Waals surface area contributed by atoms with Crippen molar-refractivity contribution in [3.8, 4) is 0 Å². The van der Waals surface area contributed by atoms with Crippen LogP contribution >= 0.6 is 11.9 Å². The Kier molecular flexibility index (Phi) is 8.00. The molecule has 0 aliphatic carbocycles. The van der Waals surface area contributed by atoms with E-state index in [0.717, 1.165) is 0 Å². The fourth-order valence-electron chi connectivity index (χ4n) is 2.51. The van der Waals surface area contributed by atoms with Gasteiger partial charge in [-0.1, -0.05) is 20.8 Å². The lowest BCUT2D eigenvalue weighted by Gasteiger charge is -2.26. The van der Waals surface area contributed by atoms with Crippen LogP contribution in [0.4, 0.5) is 0 Å². The van der Waals surface area contributed by atoms with E-state index in [1.54, 1.807) is 20.8 Å². The molecule has 1 aliphatic heterocycles. The molecule has 142 valence electrons. The van der Waals surface area contributed by atoms with Crippen LogP contribution in [0.5, 0.6) is 0 Å². The average molecular weight is 373 g/mol. The summed E-state index contributed by atoms with van der Waals surface area (Å²) in [5.41, 5.74) is 12.8. The molecule has 1 aliphatic rings. The number of nitrogens with zero attached hydrogens (tertiary/aromatic N) is 1. The lowest BCUT2D eigenvalue weighted by Crippen LogP contribution is -2.54. The first-order valence-corrected chi connectivity index (χ1v) is 8.92. The van der Waals surface area contributed by atoms with E-state index < -0.39 is 23.8 Å². The number of Topliss-reactive ketones (excluding diaryl/α,β-unsaturated/α-hetero) is 1. The quantitative estimate of drug-likeness (QED) is 0.233. The molecule has 0 aromatic heterocycles. The van der Waals surface area contributed by atoms with Crippen LogP contribution in [0.2, 0.25) is 0 Å². The van der Waals surface area contributed by atoms with Gasteiger partial charge in [-0.25, -0.2) is 4.99 Å². The molecule has 0 fully saturated rings. The maximum atomic E-state index is 12.4. The van der Waals surface area contributed by atoms with Crippen LogP contribution in [0.3, 0.4) is 0 Å². The second-order valence-corrected chi connectivity index (χ2v) is 7.07. The molecule has 10 heteroatoms. The minimum atomic E-state index is -1.27. The SMILES string of the molecule is COC1(NC(=O)CCC(C)C(N)C(=O)C(C(N)=O)C(C)C)N=CSN1. The number of primary amides is 1. The highest BCUT2D eigenvalue weighted by atomic mass is 32.2. The molecular weight excluding hydrogens is 346 g/mol. The van der Waals surface area contributed by atoms with Gasteiger partial charge in [-0.2, -0.15) is 4.72 Å². The Balaban J connectivity index is 2.56. The molecule has 1 heterocycles. The zero-order valence-electron chi connectivity index (χ0n) is 14.9. The number of ether oxygens (including phenoxy) is 1. The van der Waals surface area contributed by atoms with E-state index >= 15 is 0 Å². The van der Waals surface area contributed by atoms with Gasteiger partial charge < -0.3 is 16.2 Å². The monoisotopic (exact) mass is 373 g/mol. The van der Waals surface area contributed by atoms with E-state index in [1.807, 2.05) is 0 Å². The zero-order chi connectivity index (χ0) is 19.2. The number of carbonyl (C=O) groups is 3. The van der Waals surface area contributed by atoms with Crippen LogP contribution < -0.4 is 21.5 Å². The fraction of sp³-hybridized carbons (Fsp3) is 0.733. The molecule has 4 atom stereocenters. The van der Waals surface area contributed by atoms with Crippen LogP contribution in [0.15, 0.2) is 4.99 Å². The number of hydrogen-bond acceptors (Lipinski definition) is 8. The Morgan fingerprint density at radius 1 is 1.36 bits per heavy atom. The number of rotatable bonds is 10. The number of ketones is 1. The Bertz CT molecular complexity index is 542. The van der Waals surface area contributed by atoms with Crippen LogP contribution in [-0.2, 0) is 19.1 Å². The molecule has 2 amide bonds. The van der Waals surface area contributed by atoms with Crippen molar-refractivity contribution in [2.75, 3.05) is 7.11 Å². The largest absolute Gasteiger partial charge is 0.369 e. The Labute approximate surface area is 151 Å². The molecule has 25 heavy (non-hydrogen) atoms. The van der Waals surface area contributed by atoms with Crippen molar-refractivity contribution in [2.45, 2.75) is 45.6 Å². The van der Waals surface area contributed by atoms with Crippen molar-refractivity contribution < 1.29 is 19.1 Å². The fourth-order valence-corrected chi connectivity index (χ4v) is 3.11. The normalized spacial score (nSPS) is 23.3. The molecule has 0 saturated carbocycles. The molecule has 0 aromatic carbocycles. The van der Waals surface area contributed by atoms with Crippen molar-refractivity contribution in [1.29, 1.82) is 0 Å². The van der Waals surface area contributed by atoms with Gasteiger partial charge in [0.05, 0.1) is 11.6 Å². The number of nitrogens with one attached hydrogen (secondary N) is 2. The summed E-state index contributed by atoms with van der Waals surface area (Å²) in [6, 6.07) is -0.859. The van der Waals surface area contributed by atoms with Gasteiger partial charge in [0.15, 0.2) is 5.78 Å². The van der Waals surface area contributed by atoms with Gasteiger partial charge in [0.1, 0.15) is 5.92 Å². The highest BCUT2D eigenvalue weighted by Crippen LogP contribution is 2.20. The molecule has 1 rings (SSSR count). The summed E-state index contributed by atoms with van der Waals surface area (Å²) in [5, 5.41) is 2.63. The molecule has 0 spiro atoms. The number of nitrogens with two attached hydrogens (primary N) is 2. The molecule has 6 N–H and O–H groups in total. The molecule has 4 unspecified atom stereocenters. The van der Waals surface area contributed by atoms with Crippen LogP contribution in [-0.4, -0.2) is 42.3 Å². The minimum absolute atomic E-state index is 0.137. The van der Waals surface area contributed by atoms with Gasteiger partial charge in [0.2, 0.25) is 11.8 Å². The van der Waals surface area contributed by atoms with E-state index in [4.69, 9.17) is 16.2 Å². The van der Waals surface area contributed by atoms with Crippen molar-refractivity contribution in [2.24, 2.45) is 34.2 Å². The standard InChI is InChI=1S/C15H27N5O4S/c1-8(2)11(14(17)23)13(22)12(16)9(3)5-6-10(21)19-15(24-4)18-7-25-20-15/h7-9,11-12,20H,5-6,16H2,1-4H3,(H2,17,23)(H,19,21). The summed E-state index contributed by atoms with van der Waals surface area (Å²) in [6.45, 7) is 5.26. The zero-order valence-corrected chi connectivity index (χ0v) is 15.8. The van der Waals surface area contributed by atoms with Gasteiger partial charge in [0, 0.05) is 13.5 Å². The summed E-state index contributed by atoms with van der Waals surface area (Å²) in [6.07, 6.45) is 0.511. The maximum Gasteiger partial charge on any atom is 0.312 e. The lowest BCUT2D eigenvalue weighted by atomic mass is 9.82. The molecular formula is C15H27N5O4S. The third-order valence-corrected chi connectivity index (χ3v) is 4.74. The van der Waals surface area contributed by atoms with Crippen molar-refractivity contribution >= 4 is 35.1 Å². The van der Waals surface area contributed by atoms with Gasteiger partial charge in [0.25, 0.3) is 0 Å². The van der Waals surface area contributed by atoms with Crippen molar-refractivity contribution in [3.05, 3.63) is 0 Å². The smallest absolute Gasteiger partial charge is 0.312 e. The van der Waals surface area contributed by atoms with Crippen LogP contribution in [0.1, 0.15) is 33.6 Å². The highest BCUT2D eigenvalue weighted by Gasteiger charge is 2.36. The second-order valence-electron chi connectivity index (χ2n) is 6.42. The summed E-state index contributed by atoms with van der Waals surface area (Å²) in [4.78, 5) is 40.0. The van der Waals surface area contributed by atoms with E-state index in [-0.39, 0.29) is 29.9 Å². The predicted octanol–water partition coefficient (Wildman–Crippen LogP) is -0.290. The average Bonchev–Trinajstić information content (AvgIpc) is 3.00. The number of methoxy groups -OCH3 is 1. The van der Waals surface area contributed by atoms with E-state index in [0.29, 0.717) is 6.42 Å². The summed E-state index contributed by atoms with van der Waals surface area (Å²) in [5.74, 6) is -4.05. The van der Waals surface area contributed by atoms with E-state index in [9.17, 15) is 14.4 Å². The first-order chi connectivity index (χ1) is 11.6. The number of carbonyl (C=O) groups excluding carboxylic acids is 3. The minimum Gasteiger partial charge on any atom is -0.369 e. The number of hydrogen-bond donors (Lipinski definition) is 4. The summed E-state index contributed by atoms with van der Waals surface area (Å²) >= 11 is 1.20. The van der Waals surface area contributed by atoms with Gasteiger partial charge in [-0.15, -0.1) is 0 Å². The van der Waals surface area contributed by atoms with Crippen LogP contribution in [0, 0.1) is 17.8 Å². The van der Waals surface area contributed by atoms with Crippen molar-refractivity contribution in [1.82, 2.24) is 10.0 Å². The molecule has 0 radical (unpaired) electrons. The molecule has 9 nitrogen and oxygen atoms in total. The van der Waals surface area contributed by atoms with Gasteiger partial charge in [-0.05, 0) is 30.2 Å². The Morgan fingerprint density at radius 2 is 2.00 bits per heavy atom. The van der Waals surface area contributed by atoms with Crippen molar-refractivity contribution in [3.63, 3.8) is 0 Å². The molecule has 0 bridgehead atoms. The molecule has 0 aromatic rings. The summed E-state index contributed by atoms with van der Waals surface area (Å²) in [7, 11) is 1.42.